The standard InChI is InChI=1S/C15H16FN3O3/c1-2-13(20)19-12-8-9(6-7-10(12)16)17-15(22)11-4-3-5-14(21)18-11/h2,6-8,11H,1,3-5H2,(H,17,22)(H,18,21)(H,19,20)/t11-/m1/s1. The summed E-state index contributed by atoms with van der Waals surface area (Å²) in [7, 11) is 0. The molecule has 7 heteroatoms. The highest BCUT2D eigenvalue weighted by atomic mass is 19.1. The first-order valence-corrected chi connectivity index (χ1v) is 6.83. The molecule has 0 saturated carbocycles. The molecular weight excluding hydrogens is 289 g/mol. The van der Waals surface area contributed by atoms with E-state index in [1.54, 1.807) is 0 Å². The lowest BCUT2D eigenvalue weighted by molar-refractivity contribution is -0.128. The molecule has 1 heterocycles. The molecule has 22 heavy (non-hydrogen) atoms. The Morgan fingerprint density at radius 1 is 1.36 bits per heavy atom. The van der Waals surface area contributed by atoms with Crippen LogP contribution in [0.25, 0.3) is 0 Å². The van der Waals surface area contributed by atoms with Crippen LogP contribution >= 0.6 is 0 Å². The molecule has 3 N–H and O–H groups in total. The van der Waals surface area contributed by atoms with Crippen molar-refractivity contribution in [2.45, 2.75) is 25.3 Å². The fourth-order valence-electron chi connectivity index (χ4n) is 2.11. The Kier molecular flexibility index (Phi) is 4.88. The highest BCUT2D eigenvalue weighted by Gasteiger charge is 2.24. The van der Waals surface area contributed by atoms with Crippen LogP contribution in [0.5, 0.6) is 0 Å². The molecule has 1 saturated heterocycles. The van der Waals surface area contributed by atoms with E-state index < -0.39 is 17.8 Å². The fraction of sp³-hybridized carbons (Fsp3) is 0.267. The summed E-state index contributed by atoms with van der Waals surface area (Å²) >= 11 is 0. The minimum atomic E-state index is -0.626. The van der Waals surface area contributed by atoms with Gasteiger partial charge in [-0.25, -0.2) is 4.39 Å². The van der Waals surface area contributed by atoms with Crippen LogP contribution in [0.2, 0.25) is 0 Å². The van der Waals surface area contributed by atoms with E-state index in [2.05, 4.69) is 22.5 Å². The number of carbonyl (C=O) groups is 3. The summed E-state index contributed by atoms with van der Waals surface area (Å²) in [6.07, 6.45) is 2.63. The minimum absolute atomic E-state index is 0.0598. The Morgan fingerprint density at radius 2 is 2.14 bits per heavy atom. The van der Waals surface area contributed by atoms with Crippen LogP contribution in [0, 0.1) is 5.82 Å². The van der Waals surface area contributed by atoms with Crippen molar-refractivity contribution in [1.29, 1.82) is 0 Å². The van der Waals surface area contributed by atoms with Gasteiger partial charge in [0.2, 0.25) is 17.7 Å². The molecule has 1 aromatic carbocycles. The smallest absolute Gasteiger partial charge is 0.247 e. The van der Waals surface area contributed by atoms with E-state index in [1.165, 1.54) is 12.1 Å². The molecule has 1 aliphatic rings. The van der Waals surface area contributed by atoms with Gasteiger partial charge in [0.05, 0.1) is 5.69 Å². The summed E-state index contributed by atoms with van der Waals surface area (Å²) < 4.78 is 13.6. The van der Waals surface area contributed by atoms with Gasteiger partial charge in [-0.3, -0.25) is 14.4 Å². The van der Waals surface area contributed by atoms with Crippen molar-refractivity contribution in [1.82, 2.24) is 5.32 Å². The molecule has 0 bridgehead atoms. The maximum absolute atomic E-state index is 13.6. The van der Waals surface area contributed by atoms with Gasteiger partial charge in [0.1, 0.15) is 11.9 Å². The van der Waals surface area contributed by atoms with E-state index in [9.17, 15) is 18.8 Å². The largest absolute Gasteiger partial charge is 0.344 e. The highest BCUT2D eigenvalue weighted by molar-refractivity contribution is 6.01. The molecule has 1 aliphatic heterocycles. The normalized spacial score (nSPS) is 17.3. The molecule has 6 nitrogen and oxygen atoms in total. The predicted octanol–water partition coefficient (Wildman–Crippen LogP) is 1.56. The Balaban J connectivity index is 2.07. The van der Waals surface area contributed by atoms with Gasteiger partial charge in [0.15, 0.2) is 0 Å². The molecule has 1 atom stereocenters. The predicted molar refractivity (Wildman–Crippen MR) is 79.6 cm³/mol. The number of rotatable bonds is 4. The van der Waals surface area contributed by atoms with Crippen LogP contribution in [0.4, 0.5) is 15.8 Å². The van der Waals surface area contributed by atoms with Gasteiger partial charge in [0.25, 0.3) is 0 Å². The molecule has 0 spiro atoms. The third kappa shape index (κ3) is 3.91. The Labute approximate surface area is 126 Å². The summed E-state index contributed by atoms with van der Waals surface area (Å²) in [6.45, 7) is 3.28. The summed E-state index contributed by atoms with van der Waals surface area (Å²) in [4.78, 5) is 34.6. The summed E-state index contributed by atoms with van der Waals surface area (Å²) in [5.74, 6) is -1.72. The van der Waals surface area contributed by atoms with E-state index in [1.807, 2.05) is 0 Å². The number of piperidine rings is 1. The van der Waals surface area contributed by atoms with E-state index in [-0.39, 0.29) is 17.5 Å². The number of halogens is 1. The molecule has 0 aromatic heterocycles. The number of hydrogen-bond donors (Lipinski definition) is 3. The molecule has 3 amide bonds. The number of carbonyl (C=O) groups excluding carboxylic acids is 3. The third-order valence-corrected chi connectivity index (χ3v) is 3.23. The molecule has 1 fully saturated rings. The van der Waals surface area contributed by atoms with Gasteiger partial charge in [-0.1, -0.05) is 6.58 Å². The molecule has 1 aromatic rings. The van der Waals surface area contributed by atoms with Crippen LogP contribution in [-0.2, 0) is 14.4 Å². The lowest BCUT2D eigenvalue weighted by Gasteiger charge is -2.22. The Bertz CT molecular complexity index is 630. The number of benzene rings is 1. The topological polar surface area (TPSA) is 87.3 Å². The first-order valence-electron chi connectivity index (χ1n) is 6.83. The highest BCUT2D eigenvalue weighted by Crippen LogP contribution is 2.20. The second-order valence-corrected chi connectivity index (χ2v) is 4.89. The maximum atomic E-state index is 13.6. The van der Waals surface area contributed by atoms with E-state index in [0.29, 0.717) is 24.9 Å². The molecule has 0 unspecified atom stereocenters. The van der Waals surface area contributed by atoms with Crippen LogP contribution < -0.4 is 16.0 Å². The fourth-order valence-corrected chi connectivity index (χ4v) is 2.11. The number of hydrogen-bond acceptors (Lipinski definition) is 3. The summed E-state index contributed by atoms with van der Waals surface area (Å²) in [5.41, 5.74) is 0.265. The van der Waals surface area contributed by atoms with Gasteiger partial charge in [-0.15, -0.1) is 0 Å². The first kappa shape index (κ1) is 15.7. The Morgan fingerprint density at radius 3 is 2.82 bits per heavy atom. The molecule has 0 aliphatic carbocycles. The second-order valence-electron chi connectivity index (χ2n) is 4.89. The Hall–Kier alpha value is -2.70. The monoisotopic (exact) mass is 305 g/mol. The lowest BCUT2D eigenvalue weighted by atomic mass is 10.0. The summed E-state index contributed by atoms with van der Waals surface area (Å²) in [6, 6.07) is 3.21. The zero-order valence-corrected chi connectivity index (χ0v) is 11.8. The first-order chi connectivity index (χ1) is 10.5. The van der Waals surface area contributed by atoms with Crippen molar-refractivity contribution in [3.63, 3.8) is 0 Å². The van der Waals surface area contributed by atoms with Crippen molar-refractivity contribution in [3.05, 3.63) is 36.7 Å². The second kappa shape index (κ2) is 6.84. The number of anilines is 2. The van der Waals surface area contributed by atoms with Gasteiger partial charge in [0, 0.05) is 12.1 Å². The third-order valence-electron chi connectivity index (χ3n) is 3.23. The summed E-state index contributed by atoms with van der Waals surface area (Å²) in [5, 5.41) is 7.50. The van der Waals surface area contributed by atoms with E-state index in [0.717, 1.165) is 12.1 Å². The van der Waals surface area contributed by atoms with Crippen molar-refractivity contribution < 1.29 is 18.8 Å². The molecular formula is C15H16FN3O3. The zero-order valence-electron chi connectivity index (χ0n) is 11.8. The SMILES string of the molecule is C=CC(=O)Nc1cc(NC(=O)[C@H]2CCCC(=O)N2)ccc1F. The van der Waals surface area contributed by atoms with Gasteiger partial charge in [-0.2, -0.15) is 0 Å². The number of amides is 3. The van der Waals surface area contributed by atoms with Gasteiger partial charge in [-0.05, 0) is 37.1 Å². The quantitative estimate of drug-likeness (QED) is 0.738. The molecule has 0 radical (unpaired) electrons. The van der Waals surface area contributed by atoms with Crippen molar-refractivity contribution in [2.24, 2.45) is 0 Å². The average Bonchev–Trinajstić information content (AvgIpc) is 2.50. The lowest BCUT2D eigenvalue weighted by Crippen LogP contribution is -2.46. The van der Waals surface area contributed by atoms with E-state index >= 15 is 0 Å². The van der Waals surface area contributed by atoms with Crippen LogP contribution in [0.1, 0.15) is 19.3 Å². The maximum Gasteiger partial charge on any atom is 0.247 e. The minimum Gasteiger partial charge on any atom is -0.344 e. The van der Waals surface area contributed by atoms with Gasteiger partial charge >= 0.3 is 0 Å². The van der Waals surface area contributed by atoms with Crippen molar-refractivity contribution in [3.8, 4) is 0 Å². The molecule has 2 rings (SSSR count). The average molecular weight is 305 g/mol. The van der Waals surface area contributed by atoms with Crippen LogP contribution in [0.15, 0.2) is 30.9 Å². The number of nitrogens with one attached hydrogen (secondary N) is 3. The van der Waals surface area contributed by atoms with E-state index in [4.69, 9.17) is 0 Å². The van der Waals surface area contributed by atoms with Crippen LogP contribution in [-0.4, -0.2) is 23.8 Å². The van der Waals surface area contributed by atoms with Crippen molar-refractivity contribution in [2.75, 3.05) is 10.6 Å². The van der Waals surface area contributed by atoms with Crippen LogP contribution in [0.3, 0.4) is 0 Å². The molecule has 116 valence electrons. The zero-order chi connectivity index (χ0) is 16.1. The van der Waals surface area contributed by atoms with Crippen molar-refractivity contribution >= 4 is 29.1 Å². The van der Waals surface area contributed by atoms with Gasteiger partial charge < -0.3 is 16.0 Å².